The zero-order chi connectivity index (χ0) is 15.2. The third-order valence-corrected chi connectivity index (χ3v) is 3.50. The number of nitrogens with two attached hydrogens (primary N) is 1. The van der Waals surface area contributed by atoms with E-state index in [1.165, 1.54) is 18.7 Å². The quantitative estimate of drug-likeness (QED) is 0.633. The first-order chi connectivity index (χ1) is 10.2. The molecule has 0 saturated heterocycles. The number of aryl methyl sites for hydroxylation is 1. The molecular formula is C17H21FN2O. The third kappa shape index (κ3) is 3.60. The van der Waals surface area contributed by atoms with E-state index in [4.69, 9.17) is 10.6 Å². The Kier molecular flexibility index (Phi) is 5.31. The molecule has 3 N–H and O–H groups in total. The summed E-state index contributed by atoms with van der Waals surface area (Å²) in [6.07, 6.45) is 2.12. The number of hydrogen-bond donors (Lipinski definition) is 2. The van der Waals surface area contributed by atoms with Crippen LogP contribution >= 0.6 is 0 Å². The van der Waals surface area contributed by atoms with Crippen molar-refractivity contribution in [2.45, 2.75) is 25.8 Å². The number of nitrogens with one attached hydrogen (secondary N) is 1. The van der Waals surface area contributed by atoms with Crippen molar-refractivity contribution in [3.63, 3.8) is 0 Å². The second-order valence-electron chi connectivity index (χ2n) is 4.99. The van der Waals surface area contributed by atoms with Gasteiger partial charge in [0, 0.05) is 0 Å². The normalized spacial score (nSPS) is 12.2. The summed E-state index contributed by atoms with van der Waals surface area (Å²) in [5.41, 5.74) is 5.98. The molecule has 0 bridgehead atoms. The van der Waals surface area contributed by atoms with Crippen molar-refractivity contribution in [2.75, 3.05) is 7.11 Å². The molecule has 0 amide bonds. The Bertz CT molecular complexity index is 601. The van der Waals surface area contributed by atoms with Gasteiger partial charge in [0.2, 0.25) is 0 Å². The highest BCUT2D eigenvalue weighted by Crippen LogP contribution is 2.27. The van der Waals surface area contributed by atoms with E-state index in [-0.39, 0.29) is 17.6 Å². The minimum absolute atomic E-state index is 0.198. The van der Waals surface area contributed by atoms with Crippen molar-refractivity contribution in [1.29, 1.82) is 0 Å². The fourth-order valence-corrected chi connectivity index (χ4v) is 2.46. The number of hydrazine groups is 1. The number of ether oxygens (including phenoxy) is 1. The molecule has 2 aromatic carbocycles. The van der Waals surface area contributed by atoms with Crippen LogP contribution in [-0.2, 0) is 6.42 Å². The van der Waals surface area contributed by atoms with Gasteiger partial charge in [0.05, 0.1) is 13.2 Å². The highest BCUT2D eigenvalue weighted by Gasteiger charge is 2.15. The fraction of sp³-hybridized carbons (Fsp3) is 0.294. The Morgan fingerprint density at radius 2 is 1.95 bits per heavy atom. The van der Waals surface area contributed by atoms with E-state index in [2.05, 4.69) is 24.5 Å². The molecule has 0 aliphatic carbocycles. The summed E-state index contributed by atoms with van der Waals surface area (Å²) in [6.45, 7) is 2.15. The van der Waals surface area contributed by atoms with Crippen LogP contribution < -0.4 is 16.0 Å². The molecular weight excluding hydrogens is 267 g/mol. The van der Waals surface area contributed by atoms with E-state index < -0.39 is 0 Å². The maximum atomic E-state index is 13.5. The largest absolute Gasteiger partial charge is 0.494 e. The summed E-state index contributed by atoms with van der Waals surface area (Å²) in [6, 6.07) is 12.9. The van der Waals surface area contributed by atoms with E-state index in [0.717, 1.165) is 24.0 Å². The van der Waals surface area contributed by atoms with Crippen LogP contribution in [0.25, 0.3) is 0 Å². The van der Waals surface area contributed by atoms with Gasteiger partial charge in [-0.2, -0.15) is 0 Å². The Morgan fingerprint density at radius 3 is 2.62 bits per heavy atom. The van der Waals surface area contributed by atoms with Crippen LogP contribution in [0.1, 0.15) is 36.1 Å². The summed E-state index contributed by atoms with van der Waals surface area (Å²) in [5, 5.41) is 0. The van der Waals surface area contributed by atoms with Gasteiger partial charge >= 0.3 is 0 Å². The van der Waals surface area contributed by atoms with E-state index >= 15 is 0 Å². The number of hydrogen-bond acceptors (Lipinski definition) is 3. The van der Waals surface area contributed by atoms with Gasteiger partial charge in [-0.3, -0.25) is 5.84 Å². The summed E-state index contributed by atoms with van der Waals surface area (Å²) < 4.78 is 18.6. The van der Waals surface area contributed by atoms with Crippen LogP contribution in [0, 0.1) is 5.82 Å². The molecule has 0 radical (unpaired) electrons. The molecule has 0 aliphatic rings. The van der Waals surface area contributed by atoms with E-state index in [9.17, 15) is 4.39 Å². The van der Waals surface area contributed by atoms with Gasteiger partial charge in [-0.25, -0.2) is 9.82 Å². The molecule has 0 spiro atoms. The highest BCUT2D eigenvalue weighted by molar-refractivity contribution is 5.38. The Hall–Kier alpha value is -1.91. The van der Waals surface area contributed by atoms with Crippen LogP contribution in [0.5, 0.6) is 5.75 Å². The lowest BCUT2D eigenvalue weighted by atomic mass is 9.96. The average Bonchev–Trinajstić information content (AvgIpc) is 2.50. The second kappa shape index (κ2) is 7.20. The lowest BCUT2D eigenvalue weighted by Gasteiger charge is -2.18. The number of benzene rings is 2. The van der Waals surface area contributed by atoms with Crippen molar-refractivity contribution in [1.82, 2.24) is 5.43 Å². The smallest absolute Gasteiger partial charge is 0.165 e. The first-order valence-electron chi connectivity index (χ1n) is 7.08. The van der Waals surface area contributed by atoms with Crippen LogP contribution in [0.4, 0.5) is 4.39 Å². The van der Waals surface area contributed by atoms with Crippen molar-refractivity contribution >= 4 is 0 Å². The summed E-state index contributed by atoms with van der Waals surface area (Å²) in [5.74, 6) is 5.55. The Morgan fingerprint density at radius 1 is 1.19 bits per heavy atom. The number of halogens is 1. The maximum absolute atomic E-state index is 13.5. The molecule has 0 saturated carbocycles. The SMILES string of the molecule is CCCc1cccc(C(NN)c2ccc(F)c(OC)c2)c1. The molecule has 1 atom stereocenters. The average molecular weight is 288 g/mol. The zero-order valence-corrected chi connectivity index (χ0v) is 12.4. The van der Waals surface area contributed by atoms with Gasteiger partial charge in [0.15, 0.2) is 11.6 Å². The Labute approximate surface area is 124 Å². The lowest BCUT2D eigenvalue weighted by molar-refractivity contribution is 0.385. The highest BCUT2D eigenvalue weighted by atomic mass is 19.1. The predicted molar refractivity (Wildman–Crippen MR) is 82.6 cm³/mol. The zero-order valence-electron chi connectivity index (χ0n) is 12.4. The minimum Gasteiger partial charge on any atom is -0.494 e. The van der Waals surface area contributed by atoms with Gasteiger partial charge in [0.1, 0.15) is 0 Å². The van der Waals surface area contributed by atoms with Crippen molar-refractivity contribution in [3.05, 3.63) is 65.0 Å². The van der Waals surface area contributed by atoms with E-state index in [1.54, 1.807) is 12.1 Å². The molecule has 1 unspecified atom stereocenters. The molecule has 0 aliphatic heterocycles. The molecule has 112 valence electrons. The molecule has 2 rings (SSSR count). The summed E-state index contributed by atoms with van der Waals surface area (Å²) in [7, 11) is 1.45. The van der Waals surface area contributed by atoms with Gasteiger partial charge < -0.3 is 4.74 Å². The second-order valence-corrected chi connectivity index (χ2v) is 4.99. The summed E-state index contributed by atoms with van der Waals surface area (Å²) in [4.78, 5) is 0. The molecule has 21 heavy (non-hydrogen) atoms. The molecule has 3 nitrogen and oxygen atoms in total. The first-order valence-corrected chi connectivity index (χ1v) is 7.08. The minimum atomic E-state index is -0.378. The maximum Gasteiger partial charge on any atom is 0.165 e. The summed E-state index contributed by atoms with van der Waals surface area (Å²) >= 11 is 0. The molecule has 4 heteroatoms. The fourth-order valence-electron chi connectivity index (χ4n) is 2.46. The van der Waals surface area contributed by atoms with Crippen LogP contribution in [0.3, 0.4) is 0 Å². The predicted octanol–water partition coefficient (Wildman–Crippen LogP) is 3.34. The number of rotatable bonds is 6. The number of methoxy groups -OCH3 is 1. The monoisotopic (exact) mass is 288 g/mol. The standard InChI is InChI=1S/C17H21FN2O/c1-3-5-12-6-4-7-13(10-12)17(20-19)14-8-9-15(18)16(11-14)21-2/h4,6-11,17,20H,3,5,19H2,1-2H3. The molecule has 0 aromatic heterocycles. The topological polar surface area (TPSA) is 47.3 Å². The van der Waals surface area contributed by atoms with Crippen LogP contribution in [0.15, 0.2) is 42.5 Å². The van der Waals surface area contributed by atoms with Gasteiger partial charge in [-0.1, -0.05) is 43.7 Å². The van der Waals surface area contributed by atoms with Crippen molar-refractivity contribution < 1.29 is 9.13 Å². The molecule has 0 heterocycles. The van der Waals surface area contributed by atoms with Crippen LogP contribution in [-0.4, -0.2) is 7.11 Å². The lowest BCUT2D eigenvalue weighted by Crippen LogP contribution is -2.29. The van der Waals surface area contributed by atoms with Crippen molar-refractivity contribution in [3.8, 4) is 5.75 Å². The molecule has 0 fully saturated rings. The third-order valence-electron chi connectivity index (χ3n) is 3.50. The van der Waals surface area contributed by atoms with Crippen molar-refractivity contribution in [2.24, 2.45) is 5.84 Å². The first kappa shape index (κ1) is 15.5. The Balaban J connectivity index is 2.37. The van der Waals surface area contributed by atoms with Gasteiger partial charge in [-0.15, -0.1) is 0 Å². The van der Waals surface area contributed by atoms with Crippen LogP contribution in [0.2, 0.25) is 0 Å². The van der Waals surface area contributed by atoms with Gasteiger partial charge in [0.25, 0.3) is 0 Å². The van der Waals surface area contributed by atoms with E-state index in [1.807, 2.05) is 12.1 Å². The van der Waals surface area contributed by atoms with Gasteiger partial charge in [-0.05, 0) is 35.2 Å². The van der Waals surface area contributed by atoms with E-state index in [0.29, 0.717) is 0 Å². The molecule has 2 aromatic rings.